The molecule has 0 spiro atoms. The molecule has 0 saturated heterocycles. The molecule has 35 heavy (non-hydrogen) atoms. The molecule has 11 heteroatoms. The van der Waals surface area contributed by atoms with E-state index in [-0.39, 0.29) is 23.1 Å². The van der Waals surface area contributed by atoms with E-state index in [2.05, 4.69) is 25.8 Å². The summed E-state index contributed by atoms with van der Waals surface area (Å²) < 4.78 is 2.13. The lowest BCUT2D eigenvalue weighted by Gasteiger charge is -2.12. The van der Waals surface area contributed by atoms with Crippen molar-refractivity contribution in [2.75, 3.05) is 17.6 Å². The van der Waals surface area contributed by atoms with Gasteiger partial charge in [0, 0.05) is 31.3 Å². The lowest BCUT2D eigenvalue weighted by molar-refractivity contribution is -0.121. The van der Waals surface area contributed by atoms with Crippen molar-refractivity contribution in [3.63, 3.8) is 0 Å². The molecule has 9 nitrogen and oxygen atoms in total. The van der Waals surface area contributed by atoms with Gasteiger partial charge in [0.15, 0.2) is 11.0 Å². The predicted octanol–water partition coefficient (Wildman–Crippen LogP) is 3.36. The number of thiophene rings is 1. The van der Waals surface area contributed by atoms with Crippen LogP contribution in [0, 0.1) is 6.92 Å². The summed E-state index contributed by atoms with van der Waals surface area (Å²) in [5, 5.41) is 14.7. The second-order valence-electron chi connectivity index (χ2n) is 7.95. The highest BCUT2D eigenvalue weighted by atomic mass is 32.2. The Morgan fingerprint density at radius 3 is 2.77 bits per heavy atom. The number of H-pyrrole nitrogens is 1. The van der Waals surface area contributed by atoms with Crippen molar-refractivity contribution >= 4 is 50.9 Å². The number of hydrogen-bond acceptors (Lipinski definition) is 7. The number of carbonyl (C=O) groups is 2. The van der Waals surface area contributed by atoms with Crippen LogP contribution in [-0.2, 0) is 22.6 Å². The molecule has 3 N–H and O–H groups in total. The fraction of sp³-hybridized carbons (Fsp3) is 0.292. The van der Waals surface area contributed by atoms with E-state index in [0.717, 1.165) is 12.1 Å². The summed E-state index contributed by atoms with van der Waals surface area (Å²) in [5.41, 5.74) is 2.47. The van der Waals surface area contributed by atoms with Crippen LogP contribution >= 0.6 is 23.1 Å². The molecular weight excluding hydrogens is 484 g/mol. The number of fused-ring (bicyclic) bond motifs is 1. The van der Waals surface area contributed by atoms with Crippen LogP contribution in [0.15, 0.2) is 57.8 Å². The summed E-state index contributed by atoms with van der Waals surface area (Å²) in [6.07, 6.45) is 1.56. The van der Waals surface area contributed by atoms with E-state index in [1.807, 2.05) is 42.6 Å². The number of hydrogen-bond donors (Lipinski definition) is 3. The number of amides is 2. The number of benzene rings is 1. The molecule has 0 fully saturated rings. The molecule has 0 aliphatic heterocycles. The van der Waals surface area contributed by atoms with E-state index < -0.39 is 0 Å². The number of rotatable bonds is 11. The highest BCUT2D eigenvalue weighted by Crippen LogP contribution is 2.21. The number of carbonyl (C=O) groups excluding carboxylic acids is 2. The van der Waals surface area contributed by atoms with Crippen LogP contribution in [0.5, 0.6) is 0 Å². The Morgan fingerprint density at radius 1 is 1.17 bits per heavy atom. The van der Waals surface area contributed by atoms with Gasteiger partial charge in [-0.15, -0.1) is 11.3 Å². The summed E-state index contributed by atoms with van der Waals surface area (Å²) in [7, 11) is 0. The monoisotopic (exact) mass is 510 g/mol. The van der Waals surface area contributed by atoms with Crippen molar-refractivity contribution in [3.05, 3.63) is 69.5 Å². The molecule has 1 aromatic carbocycles. The molecule has 4 rings (SSSR count). The minimum atomic E-state index is -0.245. The highest BCUT2D eigenvalue weighted by molar-refractivity contribution is 7.99. The second kappa shape index (κ2) is 11.8. The first-order chi connectivity index (χ1) is 17.0. The standard InChI is InChI=1S/C24H26N6O3S2/c1-16-14-19(29-28-16)27-21(32)15-35-24-26-18-10-13-34-22(18)23(33)30(24)12-5-8-20(31)25-11-9-17-6-3-2-4-7-17/h2-4,6-7,10,13-14H,5,8-9,11-12,15H2,1H3,(H,25,31)(H2,27,28,29,32). The van der Waals surface area contributed by atoms with Gasteiger partial charge in [0.1, 0.15) is 4.70 Å². The van der Waals surface area contributed by atoms with Crippen molar-refractivity contribution in [1.82, 2.24) is 25.1 Å². The highest BCUT2D eigenvalue weighted by Gasteiger charge is 2.15. The molecule has 0 aliphatic carbocycles. The third-order valence-corrected chi connectivity index (χ3v) is 7.07. The van der Waals surface area contributed by atoms with Gasteiger partial charge in [-0.2, -0.15) is 5.10 Å². The van der Waals surface area contributed by atoms with Gasteiger partial charge in [0.05, 0.1) is 11.3 Å². The van der Waals surface area contributed by atoms with E-state index in [1.54, 1.807) is 16.7 Å². The Kier molecular flexibility index (Phi) is 8.32. The van der Waals surface area contributed by atoms with Crippen molar-refractivity contribution in [1.29, 1.82) is 0 Å². The zero-order valence-corrected chi connectivity index (χ0v) is 20.9. The van der Waals surface area contributed by atoms with Gasteiger partial charge in [-0.05, 0) is 36.8 Å². The molecule has 0 aliphatic rings. The molecule has 2 amide bonds. The number of aromatic amines is 1. The number of nitrogens with zero attached hydrogens (tertiary/aromatic N) is 3. The summed E-state index contributed by atoms with van der Waals surface area (Å²) in [6.45, 7) is 2.76. The molecule has 0 radical (unpaired) electrons. The van der Waals surface area contributed by atoms with Gasteiger partial charge in [0.25, 0.3) is 5.56 Å². The Morgan fingerprint density at radius 2 is 2.00 bits per heavy atom. The van der Waals surface area contributed by atoms with Gasteiger partial charge in [-0.25, -0.2) is 4.98 Å². The normalized spacial score (nSPS) is 11.0. The molecular formula is C24H26N6O3S2. The number of aryl methyl sites for hydroxylation is 1. The fourth-order valence-electron chi connectivity index (χ4n) is 3.50. The maximum atomic E-state index is 13.1. The van der Waals surface area contributed by atoms with E-state index in [4.69, 9.17) is 0 Å². The third kappa shape index (κ3) is 6.80. The Labute approximate surface area is 210 Å². The topological polar surface area (TPSA) is 122 Å². The Balaban J connectivity index is 1.34. The zero-order valence-electron chi connectivity index (χ0n) is 19.2. The van der Waals surface area contributed by atoms with Crippen LogP contribution in [-0.4, -0.2) is 43.9 Å². The molecule has 4 aromatic rings. The van der Waals surface area contributed by atoms with Crippen LogP contribution in [0.4, 0.5) is 5.82 Å². The lowest BCUT2D eigenvalue weighted by atomic mass is 10.1. The van der Waals surface area contributed by atoms with E-state index in [9.17, 15) is 14.4 Å². The number of anilines is 1. The SMILES string of the molecule is Cc1cc(NC(=O)CSc2nc3ccsc3c(=O)n2CCCC(=O)NCCc2ccccc2)n[nH]1. The summed E-state index contributed by atoms with van der Waals surface area (Å²) >= 11 is 2.53. The maximum absolute atomic E-state index is 13.1. The summed E-state index contributed by atoms with van der Waals surface area (Å²) in [6, 6.07) is 13.5. The van der Waals surface area contributed by atoms with Crippen LogP contribution in [0.2, 0.25) is 0 Å². The van der Waals surface area contributed by atoms with Gasteiger partial charge in [0.2, 0.25) is 11.8 Å². The minimum absolute atomic E-state index is 0.0537. The zero-order chi connectivity index (χ0) is 24.6. The minimum Gasteiger partial charge on any atom is -0.356 e. The van der Waals surface area contributed by atoms with Gasteiger partial charge >= 0.3 is 0 Å². The maximum Gasteiger partial charge on any atom is 0.272 e. The molecule has 3 heterocycles. The van der Waals surface area contributed by atoms with Crippen molar-refractivity contribution < 1.29 is 9.59 Å². The first-order valence-corrected chi connectivity index (χ1v) is 13.1. The van der Waals surface area contributed by atoms with Crippen molar-refractivity contribution in [2.45, 2.75) is 37.9 Å². The number of thioether (sulfide) groups is 1. The van der Waals surface area contributed by atoms with Gasteiger partial charge in [-0.1, -0.05) is 42.1 Å². The quantitative estimate of drug-likeness (QED) is 0.210. The van der Waals surface area contributed by atoms with E-state index in [1.165, 1.54) is 28.7 Å². The van der Waals surface area contributed by atoms with Crippen molar-refractivity contribution in [3.8, 4) is 0 Å². The first-order valence-electron chi connectivity index (χ1n) is 11.2. The molecule has 0 saturated carbocycles. The smallest absolute Gasteiger partial charge is 0.272 e. The van der Waals surface area contributed by atoms with Gasteiger partial charge in [-0.3, -0.25) is 24.0 Å². The molecule has 3 aromatic heterocycles. The Bertz CT molecular complexity index is 1360. The number of nitrogens with one attached hydrogen (secondary N) is 3. The molecule has 0 atom stereocenters. The molecule has 182 valence electrons. The van der Waals surface area contributed by atoms with Crippen molar-refractivity contribution in [2.24, 2.45) is 0 Å². The predicted molar refractivity (Wildman–Crippen MR) is 139 cm³/mol. The third-order valence-electron chi connectivity index (χ3n) is 5.20. The van der Waals surface area contributed by atoms with Crippen LogP contribution in [0.3, 0.4) is 0 Å². The molecule has 0 unspecified atom stereocenters. The Hall–Kier alpha value is -3.44. The van der Waals surface area contributed by atoms with Crippen LogP contribution < -0.4 is 16.2 Å². The summed E-state index contributed by atoms with van der Waals surface area (Å²) in [5.74, 6) is 0.228. The first kappa shape index (κ1) is 24.7. The average Bonchev–Trinajstić information content (AvgIpc) is 3.49. The fourth-order valence-corrected chi connectivity index (χ4v) is 5.10. The molecule has 0 bridgehead atoms. The largest absolute Gasteiger partial charge is 0.356 e. The second-order valence-corrected chi connectivity index (χ2v) is 9.81. The van der Waals surface area contributed by atoms with Gasteiger partial charge < -0.3 is 10.6 Å². The summed E-state index contributed by atoms with van der Waals surface area (Å²) in [4.78, 5) is 42.3. The number of aromatic nitrogens is 4. The lowest BCUT2D eigenvalue weighted by Crippen LogP contribution is -2.27. The van der Waals surface area contributed by atoms with E-state index >= 15 is 0 Å². The van der Waals surface area contributed by atoms with E-state index in [0.29, 0.717) is 47.1 Å². The van der Waals surface area contributed by atoms with Crippen LogP contribution in [0.25, 0.3) is 10.2 Å². The van der Waals surface area contributed by atoms with Crippen LogP contribution in [0.1, 0.15) is 24.1 Å². The average molecular weight is 511 g/mol.